The van der Waals surface area contributed by atoms with Crippen LogP contribution >= 0.6 is 0 Å². The van der Waals surface area contributed by atoms with E-state index in [0.29, 0.717) is 0 Å². The Bertz CT molecular complexity index is 3230. The average molecular weight is 677 g/mol. The summed E-state index contributed by atoms with van der Waals surface area (Å²) in [5.74, 6) is 0. The lowest BCUT2D eigenvalue weighted by Gasteiger charge is -2.13. The average Bonchev–Trinajstić information content (AvgIpc) is 3.62. The van der Waals surface area contributed by atoms with Crippen LogP contribution in [-0.2, 0) is 0 Å². The Hall–Kier alpha value is -7.24. The van der Waals surface area contributed by atoms with Gasteiger partial charge in [-0.15, -0.1) is 0 Å². The number of nitrogens with zero attached hydrogens (tertiary/aromatic N) is 4. The van der Waals surface area contributed by atoms with Gasteiger partial charge in [-0.05, 0) is 88.1 Å². The van der Waals surface area contributed by atoms with Crippen molar-refractivity contribution in [2.24, 2.45) is 0 Å². The van der Waals surface area contributed by atoms with Crippen LogP contribution in [0.3, 0.4) is 0 Å². The number of fused-ring (bicyclic) bond motifs is 9. The molecular weight excluding hydrogens is 649 g/mol. The molecule has 11 aromatic rings. The highest BCUT2D eigenvalue weighted by molar-refractivity contribution is 6.19. The van der Waals surface area contributed by atoms with Gasteiger partial charge in [0.05, 0.1) is 22.2 Å². The molecule has 0 fully saturated rings. The third-order valence-electron chi connectivity index (χ3n) is 10.4. The molecule has 0 bridgehead atoms. The van der Waals surface area contributed by atoms with Gasteiger partial charge < -0.3 is 4.42 Å². The molecule has 0 saturated carbocycles. The molecule has 246 valence electrons. The molecule has 0 aliphatic heterocycles. The largest absolute Gasteiger partial charge is 0.456 e. The van der Waals surface area contributed by atoms with E-state index in [0.717, 1.165) is 99.3 Å². The van der Waals surface area contributed by atoms with E-state index in [1.807, 2.05) is 36.9 Å². The normalized spacial score (nSPS) is 11.8. The number of para-hydroxylation sites is 1. The monoisotopic (exact) mass is 676 g/mol. The lowest BCUT2D eigenvalue weighted by Crippen LogP contribution is -1.91. The third kappa shape index (κ3) is 4.86. The number of benzene rings is 6. The summed E-state index contributed by atoms with van der Waals surface area (Å²) in [5, 5.41) is 7.89. The van der Waals surface area contributed by atoms with Gasteiger partial charge in [-0.25, -0.2) is 0 Å². The molecule has 0 spiro atoms. The summed E-state index contributed by atoms with van der Waals surface area (Å²) in [6, 6.07) is 51.0. The molecule has 5 heteroatoms. The summed E-state index contributed by atoms with van der Waals surface area (Å²) < 4.78 is 6.48. The van der Waals surface area contributed by atoms with Gasteiger partial charge in [-0.2, -0.15) is 0 Å². The van der Waals surface area contributed by atoms with Crippen LogP contribution in [0.25, 0.3) is 110 Å². The fourth-order valence-electron chi connectivity index (χ4n) is 7.79. The van der Waals surface area contributed by atoms with Crippen molar-refractivity contribution in [3.8, 4) is 44.6 Å². The zero-order valence-corrected chi connectivity index (χ0v) is 28.4. The number of pyridine rings is 4. The first-order valence-corrected chi connectivity index (χ1v) is 17.7. The molecule has 5 heterocycles. The molecule has 0 aliphatic carbocycles. The predicted octanol–water partition coefficient (Wildman–Crippen LogP) is 12.4. The number of hydrogen-bond donors (Lipinski definition) is 0. The first-order valence-electron chi connectivity index (χ1n) is 17.7. The highest BCUT2D eigenvalue weighted by Gasteiger charge is 2.15. The second kappa shape index (κ2) is 11.7. The topological polar surface area (TPSA) is 64.7 Å². The summed E-state index contributed by atoms with van der Waals surface area (Å²) >= 11 is 0. The molecule has 0 aliphatic rings. The molecule has 0 unspecified atom stereocenters. The van der Waals surface area contributed by atoms with Crippen molar-refractivity contribution in [3.05, 3.63) is 170 Å². The van der Waals surface area contributed by atoms with Gasteiger partial charge in [-0.3, -0.25) is 19.9 Å². The Morgan fingerprint density at radius 2 is 1.08 bits per heavy atom. The number of aromatic nitrogens is 4. The predicted molar refractivity (Wildman–Crippen MR) is 217 cm³/mol. The molecule has 5 aromatic heterocycles. The molecule has 0 atom stereocenters. The zero-order chi connectivity index (χ0) is 34.9. The summed E-state index contributed by atoms with van der Waals surface area (Å²) in [5.41, 5.74) is 12.7. The van der Waals surface area contributed by atoms with Crippen molar-refractivity contribution in [2.45, 2.75) is 0 Å². The van der Waals surface area contributed by atoms with Crippen LogP contribution in [0.15, 0.2) is 175 Å². The molecule has 53 heavy (non-hydrogen) atoms. The van der Waals surface area contributed by atoms with E-state index in [9.17, 15) is 0 Å². The van der Waals surface area contributed by atoms with E-state index in [4.69, 9.17) is 19.4 Å². The Morgan fingerprint density at radius 1 is 0.358 bits per heavy atom. The second-order valence-electron chi connectivity index (χ2n) is 13.5. The van der Waals surface area contributed by atoms with E-state index in [2.05, 4.69) is 138 Å². The first-order chi connectivity index (χ1) is 26.2. The van der Waals surface area contributed by atoms with Crippen LogP contribution in [0, 0.1) is 0 Å². The minimum Gasteiger partial charge on any atom is -0.456 e. The van der Waals surface area contributed by atoms with Gasteiger partial charge >= 0.3 is 0 Å². The van der Waals surface area contributed by atoms with Crippen LogP contribution in [-0.4, -0.2) is 19.9 Å². The minimum absolute atomic E-state index is 0.864. The van der Waals surface area contributed by atoms with Crippen molar-refractivity contribution in [1.82, 2.24) is 19.9 Å². The standard InChI is InChI=1S/C48H28N4O/c1-2-10-39-29(6-1)16-19-43-45(39)41-17-14-32(26-44(41)53-43)35-23-36(40-11-3-7-30-8-4-20-49-46(30)40)25-37(24-35)42-18-15-34(27-51-42)38-22-33-13-12-31-9-5-21-50-47(31)48(33)52-28-38/h1-28H. The van der Waals surface area contributed by atoms with Gasteiger partial charge in [0.2, 0.25) is 0 Å². The Labute approximate surface area is 303 Å². The highest BCUT2D eigenvalue weighted by atomic mass is 16.3. The van der Waals surface area contributed by atoms with Gasteiger partial charge in [0.15, 0.2) is 0 Å². The fraction of sp³-hybridized carbons (Fsp3) is 0. The maximum atomic E-state index is 6.48. The van der Waals surface area contributed by atoms with Gasteiger partial charge in [0.1, 0.15) is 11.2 Å². The van der Waals surface area contributed by atoms with Crippen LogP contribution in [0.1, 0.15) is 0 Å². The Morgan fingerprint density at radius 3 is 1.98 bits per heavy atom. The maximum Gasteiger partial charge on any atom is 0.136 e. The van der Waals surface area contributed by atoms with E-state index in [1.165, 1.54) is 10.8 Å². The summed E-state index contributed by atoms with van der Waals surface area (Å²) in [4.78, 5) is 19.2. The first kappa shape index (κ1) is 29.5. The molecule has 0 amide bonds. The third-order valence-corrected chi connectivity index (χ3v) is 10.4. The number of furan rings is 1. The van der Waals surface area contributed by atoms with E-state index in [1.54, 1.807) is 0 Å². The number of rotatable bonds is 4. The number of hydrogen-bond acceptors (Lipinski definition) is 5. The van der Waals surface area contributed by atoms with Gasteiger partial charge in [0.25, 0.3) is 0 Å². The SMILES string of the molecule is c1cnc2c(-c3cc(-c4ccc5c(c4)oc4ccc6ccccc6c45)cc(-c4ccc(-c5cnc6c(ccc7cccnc76)c5)cn4)c3)cccc2c1. The molecular formula is C48H28N4O. The maximum absolute atomic E-state index is 6.48. The lowest BCUT2D eigenvalue weighted by atomic mass is 9.93. The van der Waals surface area contributed by atoms with Crippen LogP contribution in [0.2, 0.25) is 0 Å². The summed E-state index contributed by atoms with van der Waals surface area (Å²) in [6.45, 7) is 0. The van der Waals surface area contributed by atoms with Crippen LogP contribution in [0.5, 0.6) is 0 Å². The molecule has 0 radical (unpaired) electrons. The Balaban J connectivity index is 1.04. The quantitative estimate of drug-likeness (QED) is 0.174. The van der Waals surface area contributed by atoms with E-state index < -0.39 is 0 Å². The smallest absolute Gasteiger partial charge is 0.136 e. The summed E-state index contributed by atoms with van der Waals surface area (Å²) in [7, 11) is 0. The molecule has 6 aromatic carbocycles. The van der Waals surface area contributed by atoms with Gasteiger partial charge in [0, 0.05) is 74.0 Å². The van der Waals surface area contributed by atoms with Crippen molar-refractivity contribution >= 4 is 65.4 Å². The second-order valence-corrected chi connectivity index (χ2v) is 13.5. The van der Waals surface area contributed by atoms with E-state index in [-0.39, 0.29) is 0 Å². The van der Waals surface area contributed by atoms with Crippen molar-refractivity contribution in [1.29, 1.82) is 0 Å². The zero-order valence-electron chi connectivity index (χ0n) is 28.4. The molecule has 0 saturated heterocycles. The van der Waals surface area contributed by atoms with Crippen LogP contribution < -0.4 is 0 Å². The fourth-order valence-corrected chi connectivity index (χ4v) is 7.79. The summed E-state index contributed by atoms with van der Waals surface area (Å²) in [6.07, 6.45) is 7.52. The highest BCUT2D eigenvalue weighted by Crippen LogP contribution is 2.39. The Kier molecular flexibility index (Phi) is 6.48. The van der Waals surface area contributed by atoms with Crippen molar-refractivity contribution < 1.29 is 4.42 Å². The van der Waals surface area contributed by atoms with Crippen LogP contribution in [0.4, 0.5) is 0 Å². The molecule has 11 rings (SSSR count). The lowest BCUT2D eigenvalue weighted by molar-refractivity contribution is 0.669. The minimum atomic E-state index is 0.864. The van der Waals surface area contributed by atoms with Crippen molar-refractivity contribution in [3.63, 3.8) is 0 Å². The van der Waals surface area contributed by atoms with Crippen molar-refractivity contribution in [2.75, 3.05) is 0 Å². The molecule has 5 nitrogen and oxygen atoms in total. The van der Waals surface area contributed by atoms with E-state index >= 15 is 0 Å². The van der Waals surface area contributed by atoms with Gasteiger partial charge in [-0.1, -0.05) is 84.9 Å². The molecule has 0 N–H and O–H groups in total.